The first kappa shape index (κ1) is 23.0. The first-order chi connectivity index (χ1) is 11.1. The number of aliphatic hydroxyl groups is 1. The van der Waals surface area contributed by atoms with Gasteiger partial charge in [0.2, 0.25) is 0 Å². The van der Waals surface area contributed by atoms with Crippen molar-refractivity contribution in [2.45, 2.75) is 137 Å². The van der Waals surface area contributed by atoms with Gasteiger partial charge in [-0.15, -0.1) is 0 Å². The van der Waals surface area contributed by atoms with Crippen LogP contribution in [0, 0.1) is 5.41 Å². The van der Waals surface area contributed by atoms with E-state index in [4.69, 9.17) is 0 Å². The summed E-state index contributed by atoms with van der Waals surface area (Å²) in [5, 5.41) is 9.63. The van der Waals surface area contributed by atoms with Gasteiger partial charge in [-0.2, -0.15) is 0 Å². The summed E-state index contributed by atoms with van der Waals surface area (Å²) in [6, 6.07) is 0. The van der Waals surface area contributed by atoms with E-state index in [1.165, 1.54) is 89.9 Å². The Labute approximate surface area is 147 Å². The van der Waals surface area contributed by atoms with E-state index in [9.17, 15) is 5.11 Å². The van der Waals surface area contributed by atoms with Crippen molar-refractivity contribution in [2.24, 2.45) is 5.41 Å². The van der Waals surface area contributed by atoms with E-state index in [2.05, 4.69) is 27.7 Å². The van der Waals surface area contributed by atoms with Gasteiger partial charge in [0.05, 0.1) is 6.10 Å². The van der Waals surface area contributed by atoms with Crippen molar-refractivity contribution >= 4 is 0 Å². The second kappa shape index (κ2) is 15.5. The number of hydrogen-bond acceptors (Lipinski definition) is 1. The molecule has 0 saturated heterocycles. The topological polar surface area (TPSA) is 20.2 Å². The van der Waals surface area contributed by atoms with Crippen LogP contribution >= 0.6 is 0 Å². The molecule has 140 valence electrons. The summed E-state index contributed by atoms with van der Waals surface area (Å²) in [5.41, 5.74) is 0.642. The highest BCUT2D eigenvalue weighted by molar-refractivity contribution is 4.79. The van der Waals surface area contributed by atoms with E-state index < -0.39 is 0 Å². The molecule has 0 aliphatic carbocycles. The number of rotatable bonds is 17. The second-order valence-electron chi connectivity index (χ2n) is 7.83. The van der Waals surface area contributed by atoms with Crippen molar-refractivity contribution in [1.29, 1.82) is 0 Å². The molecule has 0 saturated carbocycles. The molecule has 0 aliphatic heterocycles. The van der Waals surface area contributed by atoms with Crippen LogP contribution in [0.3, 0.4) is 0 Å². The molecule has 1 heteroatoms. The third-order valence-electron chi connectivity index (χ3n) is 5.62. The molecule has 0 rings (SSSR count). The van der Waals surface area contributed by atoms with Crippen molar-refractivity contribution in [3.05, 3.63) is 0 Å². The Morgan fingerprint density at radius 1 is 0.609 bits per heavy atom. The fourth-order valence-corrected chi connectivity index (χ4v) is 4.02. The van der Waals surface area contributed by atoms with Gasteiger partial charge in [0.25, 0.3) is 0 Å². The molecule has 0 aromatic carbocycles. The first-order valence-electron chi connectivity index (χ1n) is 10.8. The van der Waals surface area contributed by atoms with Crippen LogP contribution in [0.1, 0.15) is 130 Å². The first-order valence-corrected chi connectivity index (χ1v) is 10.8. The predicted octanol–water partition coefficient (Wildman–Crippen LogP) is 7.65. The standard InChI is InChI=1S/C22H46O/c1-5-9-14-19-22(17-7-3,18-10-6-2)20-15-12-11-13-16-21(23)8-4/h21,23H,5-20H2,1-4H3. The lowest BCUT2D eigenvalue weighted by Gasteiger charge is -2.34. The lowest BCUT2D eigenvalue weighted by molar-refractivity contribution is 0.155. The summed E-state index contributed by atoms with van der Waals surface area (Å²) < 4.78 is 0. The molecule has 2 unspecified atom stereocenters. The number of hydrogen-bond donors (Lipinski definition) is 1. The van der Waals surface area contributed by atoms with Crippen molar-refractivity contribution in [3.8, 4) is 0 Å². The average molecular weight is 327 g/mol. The molecule has 0 aliphatic rings. The highest BCUT2D eigenvalue weighted by atomic mass is 16.3. The third-order valence-corrected chi connectivity index (χ3v) is 5.62. The van der Waals surface area contributed by atoms with Gasteiger partial charge in [-0.05, 0) is 43.9 Å². The van der Waals surface area contributed by atoms with Crippen LogP contribution in [-0.4, -0.2) is 11.2 Å². The zero-order valence-corrected chi connectivity index (χ0v) is 16.8. The Kier molecular flexibility index (Phi) is 15.5. The predicted molar refractivity (Wildman–Crippen MR) is 105 cm³/mol. The molecule has 0 amide bonds. The molecule has 1 nitrogen and oxygen atoms in total. The molecule has 1 N–H and O–H groups in total. The van der Waals surface area contributed by atoms with Gasteiger partial charge in [-0.25, -0.2) is 0 Å². The quantitative estimate of drug-likeness (QED) is 0.272. The number of unbranched alkanes of at least 4 members (excludes halogenated alkanes) is 6. The largest absolute Gasteiger partial charge is 0.393 e. The summed E-state index contributed by atoms with van der Waals surface area (Å²) in [4.78, 5) is 0. The van der Waals surface area contributed by atoms with E-state index in [-0.39, 0.29) is 6.10 Å². The molecule has 0 fully saturated rings. The van der Waals surface area contributed by atoms with E-state index in [0.29, 0.717) is 5.41 Å². The van der Waals surface area contributed by atoms with Gasteiger partial charge in [0.15, 0.2) is 0 Å². The SMILES string of the molecule is CCCCCC(CCC)(CCCC)CCCCCCC(O)CC. The Morgan fingerprint density at radius 3 is 1.74 bits per heavy atom. The average Bonchev–Trinajstić information content (AvgIpc) is 2.56. The molecule has 0 aromatic heterocycles. The summed E-state index contributed by atoms with van der Waals surface area (Å²) in [7, 11) is 0. The normalized spacial score (nSPS) is 15.5. The minimum atomic E-state index is -0.0622. The molecule has 0 radical (unpaired) electrons. The van der Waals surface area contributed by atoms with Crippen molar-refractivity contribution in [1.82, 2.24) is 0 Å². The molecule has 0 heterocycles. The second-order valence-corrected chi connectivity index (χ2v) is 7.83. The minimum Gasteiger partial charge on any atom is -0.393 e. The van der Waals surface area contributed by atoms with Gasteiger partial charge in [-0.3, -0.25) is 0 Å². The maximum atomic E-state index is 9.63. The maximum absolute atomic E-state index is 9.63. The van der Waals surface area contributed by atoms with Gasteiger partial charge in [0.1, 0.15) is 0 Å². The molecule has 0 bridgehead atoms. The van der Waals surface area contributed by atoms with E-state index in [0.717, 1.165) is 12.8 Å². The van der Waals surface area contributed by atoms with Crippen molar-refractivity contribution in [2.75, 3.05) is 0 Å². The summed E-state index contributed by atoms with van der Waals surface area (Å²) in [5.74, 6) is 0. The summed E-state index contributed by atoms with van der Waals surface area (Å²) in [6.07, 6.45) is 21.2. The third kappa shape index (κ3) is 12.0. The van der Waals surface area contributed by atoms with Crippen molar-refractivity contribution in [3.63, 3.8) is 0 Å². The molecular weight excluding hydrogens is 280 g/mol. The van der Waals surface area contributed by atoms with Crippen LogP contribution in [0.5, 0.6) is 0 Å². The van der Waals surface area contributed by atoms with Crippen LogP contribution in [0.25, 0.3) is 0 Å². The molecule has 2 atom stereocenters. The fraction of sp³-hybridized carbons (Fsp3) is 1.00. The zero-order valence-electron chi connectivity index (χ0n) is 16.8. The smallest absolute Gasteiger partial charge is 0.0537 e. The highest BCUT2D eigenvalue weighted by Gasteiger charge is 2.27. The zero-order chi connectivity index (χ0) is 17.4. The fourth-order valence-electron chi connectivity index (χ4n) is 4.02. The molecule has 0 aromatic rings. The number of aliphatic hydroxyl groups excluding tert-OH is 1. The lowest BCUT2D eigenvalue weighted by Crippen LogP contribution is -2.21. The highest BCUT2D eigenvalue weighted by Crippen LogP contribution is 2.41. The Bertz CT molecular complexity index is 238. The Morgan fingerprint density at radius 2 is 1.17 bits per heavy atom. The van der Waals surface area contributed by atoms with Gasteiger partial charge in [-0.1, -0.05) is 91.9 Å². The minimum absolute atomic E-state index is 0.0622. The van der Waals surface area contributed by atoms with E-state index >= 15 is 0 Å². The molecular formula is C22H46O. The monoisotopic (exact) mass is 326 g/mol. The summed E-state index contributed by atoms with van der Waals surface area (Å²) >= 11 is 0. The molecule has 0 spiro atoms. The maximum Gasteiger partial charge on any atom is 0.0537 e. The van der Waals surface area contributed by atoms with Gasteiger partial charge >= 0.3 is 0 Å². The molecule has 23 heavy (non-hydrogen) atoms. The van der Waals surface area contributed by atoms with Crippen LogP contribution in [0.15, 0.2) is 0 Å². The van der Waals surface area contributed by atoms with E-state index in [1.807, 2.05) is 0 Å². The summed E-state index contributed by atoms with van der Waals surface area (Å²) in [6.45, 7) is 9.10. The van der Waals surface area contributed by atoms with Crippen molar-refractivity contribution < 1.29 is 5.11 Å². The van der Waals surface area contributed by atoms with Crippen LogP contribution < -0.4 is 0 Å². The Hall–Kier alpha value is -0.0400. The Balaban J connectivity index is 4.20. The van der Waals surface area contributed by atoms with E-state index in [1.54, 1.807) is 0 Å². The van der Waals surface area contributed by atoms with Crippen LogP contribution in [0.4, 0.5) is 0 Å². The van der Waals surface area contributed by atoms with Crippen LogP contribution in [0.2, 0.25) is 0 Å². The lowest BCUT2D eigenvalue weighted by atomic mass is 9.71. The van der Waals surface area contributed by atoms with Crippen LogP contribution in [-0.2, 0) is 0 Å². The van der Waals surface area contributed by atoms with Gasteiger partial charge in [0, 0.05) is 0 Å². The van der Waals surface area contributed by atoms with Gasteiger partial charge < -0.3 is 5.11 Å².